The summed E-state index contributed by atoms with van der Waals surface area (Å²) in [5.74, 6) is 0.821. The third-order valence-corrected chi connectivity index (χ3v) is 4.40. The topological polar surface area (TPSA) is 54.2 Å². The first kappa shape index (κ1) is 20.8. The molecule has 0 amide bonds. The Morgan fingerprint density at radius 1 is 1.33 bits per heavy atom. The Hall–Kier alpha value is -1.22. The van der Waals surface area contributed by atoms with Gasteiger partial charge in [0.25, 0.3) is 0 Å². The summed E-state index contributed by atoms with van der Waals surface area (Å²) in [6, 6.07) is 6.55. The molecule has 2 N–H and O–H groups in total. The van der Waals surface area contributed by atoms with Crippen molar-refractivity contribution in [2.45, 2.75) is 24.8 Å². The Labute approximate surface area is 165 Å². The van der Waals surface area contributed by atoms with Gasteiger partial charge in [-0.05, 0) is 42.4 Å². The first-order chi connectivity index (χ1) is 11.1. The zero-order chi connectivity index (χ0) is 16.7. The van der Waals surface area contributed by atoms with Gasteiger partial charge in [0, 0.05) is 38.3 Å². The Morgan fingerprint density at radius 2 is 2.12 bits per heavy atom. The fourth-order valence-corrected chi connectivity index (χ4v) is 3.03. The Kier molecular flexibility index (Phi) is 9.20. The lowest BCUT2D eigenvalue weighted by Gasteiger charge is -2.13. The van der Waals surface area contributed by atoms with Crippen molar-refractivity contribution in [3.8, 4) is 0 Å². The normalized spacial score (nSPS) is 11.1. The summed E-state index contributed by atoms with van der Waals surface area (Å²) >= 11 is 1.78. The van der Waals surface area contributed by atoms with E-state index in [-0.39, 0.29) is 24.0 Å². The molecule has 2 aromatic rings. The maximum atomic E-state index is 4.28. The summed E-state index contributed by atoms with van der Waals surface area (Å²) in [4.78, 5) is 5.59. The van der Waals surface area contributed by atoms with Crippen LogP contribution in [0.5, 0.6) is 0 Å². The molecule has 0 unspecified atom stereocenters. The first-order valence-corrected chi connectivity index (χ1v) is 8.90. The van der Waals surface area contributed by atoms with E-state index in [2.05, 4.69) is 52.1 Å². The molecule has 7 heteroatoms. The van der Waals surface area contributed by atoms with Gasteiger partial charge in [0.05, 0.1) is 6.20 Å². The van der Waals surface area contributed by atoms with Gasteiger partial charge in [-0.3, -0.25) is 9.67 Å². The summed E-state index contributed by atoms with van der Waals surface area (Å²) < 4.78 is 1.82. The van der Waals surface area contributed by atoms with E-state index >= 15 is 0 Å². The van der Waals surface area contributed by atoms with Gasteiger partial charge in [-0.15, -0.1) is 35.7 Å². The van der Waals surface area contributed by atoms with E-state index in [1.807, 2.05) is 24.1 Å². The van der Waals surface area contributed by atoms with Gasteiger partial charge in [-0.25, -0.2) is 0 Å². The highest BCUT2D eigenvalue weighted by molar-refractivity contribution is 14.0. The zero-order valence-corrected chi connectivity index (χ0v) is 17.8. The molecule has 0 atom stereocenters. The predicted molar refractivity (Wildman–Crippen MR) is 113 cm³/mol. The molecule has 1 heterocycles. The lowest BCUT2D eigenvalue weighted by molar-refractivity contribution is 0.764. The van der Waals surface area contributed by atoms with Crippen LogP contribution in [0, 0.1) is 6.92 Å². The van der Waals surface area contributed by atoms with Crippen LogP contribution in [0.3, 0.4) is 0 Å². The second-order valence-electron chi connectivity index (χ2n) is 5.44. The number of halogens is 1. The second kappa shape index (κ2) is 10.6. The highest BCUT2D eigenvalue weighted by atomic mass is 127. The minimum atomic E-state index is 0. The molecule has 0 aliphatic rings. The van der Waals surface area contributed by atoms with Crippen molar-refractivity contribution in [2.75, 3.05) is 19.8 Å². The van der Waals surface area contributed by atoms with Crippen LogP contribution in [-0.2, 0) is 20.0 Å². The van der Waals surface area contributed by atoms with Crippen LogP contribution in [-0.4, -0.2) is 35.6 Å². The van der Waals surface area contributed by atoms with E-state index in [0.717, 1.165) is 25.5 Å². The number of aromatic nitrogens is 2. The number of rotatable bonds is 6. The van der Waals surface area contributed by atoms with Gasteiger partial charge < -0.3 is 10.6 Å². The highest BCUT2D eigenvalue weighted by Crippen LogP contribution is 2.21. The van der Waals surface area contributed by atoms with E-state index in [1.165, 1.54) is 21.6 Å². The standard InChI is InChI=1S/C17H25N5S.HI/c1-13-5-6-15(16(9-13)23-4)11-20-17(18-2)19-8-7-14-10-21-22(3)12-14;/h5-6,9-10,12H,7-8,11H2,1-4H3,(H2,18,19,20);1H. The molecule has 0 spiro atoms. The quantitative estimate of drug-likeness (QED) is 0.302. The molecule has 24 heavy (non-hydrogen) atoms. The number of nitrogens with one attached hydrogen (secondary N) is 2. The third-order valence-electron chi connectivity index (χ3n) is 3.58. The minimum absolute atomic E-state index is 0. The molecular formula is C17H26IN5S. The first-order valence-electron chi connectivity index (χ1n) is 7.68. The van der Waals surface area contributed by atoms with Crippen LogP contribution < -0.4 is 10.6 Å². The van der Waals surface area contributed by atoms with Gasteiger partial charge in [0.2, 0.25) is 0 Å². The molecule has 5 nitrogen and oxygen atoms in total. The zero-order valence-electron chi connectivity index (χ0n) is 14.7. The largest absolute Gasteiger partial charge is 0.356 e. The number of thioether (sulfide) groups is 1. The molecule has 132 valence electrons. The number of hydrogen-bond donors (Lipinski definition) is 2. The van der Waals surface area contributed by atoms with E-state index in [0.29, 0.717) is 0 Å². The van der Waals surface area contributed by atoms with E-state index in [1.54, 1.807) is 18.8 Å². The second-order valence-corrected chi connectivity index (χ2v) is 6.29. The van der Waals surface area contributed by atoms with Gasteiger partial charge in [-0.1, -0.05) is 12.1 Å². The van der Waals surface area contributed by atoms with Crippen LogP contribution in [0.4, 0.5) is 0 Å². The Bertz CT molecular complexity index is 669. The van der Waals surface area contributed by atoms with Crippen molar-refractivity contribution < 1.29 is 0 Å². The fourth-order valence-electron chi connectivity index (χ4n) is 2.32. The van der Waals surface area contributed by atoms with Crippen molar-refractivity contribution in [3.05, 3.63) is 47.3 Å². The Morgan fingerprint density at radius 3 is 2.75 bits per heavy atom. The van der Waals surface area contributed by atoms with E-state index in [4.69, 9.17) is 0 Å². The predicted octanol–water partition coefficient (Wildman–Crippen LogP) is 2.98. The van der Waals surface area contributed by atoms with Crippen LogP contribution in [0.25, 0.3) is 0 Å². The maximum absolute atomic E-state index is 4.28. The molecule has 1 aromatic carbocycles. The summed E-state index contributed by atoms with van der Waals surface area (Å²) in [5, 5.41) is 10.9. The van der Waals surface area contributed by atoms with Crippen molar-refractivity contribution in [1.29, 1.82) is 0 Å². The van der Waals surface area contributed by atoms with Crippen LogP contribution in [0.2, 0.25) is 0 Å². The summed E-state index contributed by atoms with van der Waals surface area (Å²) in [6.45, 7) is 3.72. The van der Waals surface area contributed by atoms with Gasteiger partial charge in [0.1, 0.15) is 0 Å². The third kappa shape index (κ3) is 6.35. The van der Waals surface area contributed by atoms with Crippen molar-refractivity contribution >= 4 is 41.7 Å². The van der Waals surface area contributed by atoms with Gasteiger partial charge in [0.15, 0.2) is 5.96 Å². The van der Waals surface area contributed by atoms with Gasteiger partial charge >= 0.3 is 0 Å². The fraction of sp³-hybridized carbons (Fsp3) is 0.412. The molecule has 0 bridgehead atoms. The van der Waals surface area contributed by atoms with E-state index < -0.39 is 0 Å². The van der Waals surface area contributed by atoms with Crippen molar-refractivity contribution in [3.63, 3.8) is 0 Å². The molecule has 0 radical (unpaired) electrons. The molecule has 0 fully saturated rings. The average Bonchev–Trinajstić information content (AvgIpc) is 2.96. The van der Waals surface area contributed by atoms with Crippen LogP contribution >= 0.6 is 35.7 Å². The molecule has 2 rings (SSSR count). The summed E-state index contributed by atoms with van der Waals surface area (Å²) in [6.07, 6.45) is 6.97. The molecule has 1 aromatic heterocycles. The number of guanidine groups is 1. The van der Waals surface area contributed by atoms with Crippen LogP contribution in [0.15, 0.2) is 40.5 Å². The Balaban J connectivity index is 0.00000288. The molecule has 0 saturated carbocycles. The lowest BCUT2D eigenvalue weighted by atomic mass is 10.1. The minimum Gasteiger partial charge on any atom is -0.356 e. The number of hydrogen-bond acceptors (Lipinski definition) is 3. The van der Waals surface area contributed by atoms with Gasteiger partial charge in [-0.2, -0.15) is 5.10 Å². The smallest absolute Gasteiger partial charge is 0.191 e. The van der Waals surface area contributed by atoms with Crippen LogP contribution in [0.1, 0.15) is 16.7 Å². The van der Waals surface area contributed by atoms with Crippen molar-refractivity contribution in [1.82, 2.24) is 20.4 Å². The average molecular weight is 459 g/mol. The number of benzene rings is 1. The summed E-state index contributed by atoms with van der Waals surface area (Å²) in [7, 11) is 3.73. The SMILES string of the molecule is CN=C(NCCc1cnn(C)c1)NCc1ccc(C)cc1SC.I. The number of aliphatic imine (C=N–C) groups is 1. The number of aryl methyl sites for hydroxylation is 2. The maximum Gasteiger partial charge on any atom is 0.191 e. The monoisotopic (exact) mass is 459 g/mol. The lowest BCUT2D eigenvalue weighted by Crippen LogP contribution is -2.37. The summed E-state index contributed by atoms with van der Waals surface area (Å²) in [5.41, 5.74) is 3.80. The highest BCUT2D eigenvalue weighted by Gasteiger charge is 2.04. The van der Waals surface area contributed by atoms with Crippen molar-refractivity contribution in [2.24, 2.45) is 12.0 Å². The molecule has 0 aliphatic carbocycles. The molecule has 0 saturated heterocycles. The van der Waals surface area contributed by atoms with E-state index in [9.17, 15) is 0 Å². The number of nitrogens with zero attached hydrogens (tertiary/aromatic N) is 3. The molecular weight excluding hydrogens is 433 g/mol. The molecule has 0 aliphatic heterocycles.